The van der Waals surface area contributed by atoms with Crippen LogP contribution in [0.3, 0.4) is 0 Å². The first-order valence-electron chi connectivity index (χ1n) is 7.03. The number of nitrogens with one attached hydrogen (secondary N) is 1. The van der Waals surface area contributed by atoms with Gasteiger partial charge in [-0.15, -0.1) is 0 Å². The number of hydrogen-bond acceptors (Lipinski definition) is 4. The second-order valence-corrected chi connectivity index (χ2v) is 7.29. The standard InChI is InChI=1S/C17H19NO4S/c1-12-8-9-15(22-2)14(10-12)18-17(19)11-13-6-4-5-7-16(13)23(3,20)21/h4-10H,11H2,1-3H3,(H,18,19). The zero-order chi connectivity index (χ0) is 17.0. The third kappa shape index (κ3) is 4.32. The van der Waals surface area contributed by atoms with Crippen molar-refractivity contribution in [3.8, 4) is 5.75 Å². The molecule has 122 valence electrons. The number of carbonyl (C=O) groups excluding carboxylic acids is 1. The molecule has 2 aromatic rings. The van der Waals surface area contributed by atoms with E-state index in [-0.39, 0.29) is 17.2 Å². The molecule has 0 aliphatic heterocycles. The second kappa shape index (κ2) is 6.83. The van der Waals surface area contributed by atoms with E-state index < -0.39 is 9.84 Å². The Bertz CT molecular complexity index is 828. The molecule has 6 heteroatoms. The summed E-state index contributed by atoms with van der Waals surface area (Å²) in [6.07, 6.45) is 1.10. The largest absolute Gasteiger partial charge is 0.495 e. The van der Waals surface area contributed by atoms with Crippen LogP contribution in [0.5, 0.6) is 5.75 Å². The molecule has 1 amide bonds. The number of ether oxygens (including phenoxy) is 1. The average Bonchev–Trinajstić information content (AvgIpc) is 2.47. The number of aryl methyl sites for hydroxylation is 1. The Kier molecular flexibility index (Phi) is 5.05. The monoisotopic (exact) mass is 333 g/mol. The van der Waals surface area contributed by atoms with E-state index in [2.05, 4.69) is 5.32 Å². The lowest BCUT2D eigenvalue weighted by Crippen LogP contribution is -2.17. The van der Waals surface area contributed by atoms with Gasteiger partial charge in [0.1, 0.15) is 5.75 Å². The molecule has 0 saturated carbocycles. The minimum absolute atomic E-state index is 0.0274. The normalized spacial score (nSPS) is 11.1. The SMILES string of the molecule is COc1ccc(C)cc1NC(=O)Cc1ccccc1S(C)(=O)=O. The number of anilines is 1. The Hall–Kier alpha value is -2.34. The van der Waals surface area contributed by atoms with Crippen molar-refractivity contribution in [1.82, 2.24) is 0 Å². The van der Waals surface area contributed by atoms with E-state index in [0.29, 0.717) is 17.0 Å². The molecule has 0 spiro atoms. The molecule has 2 aromatic carbocycles. The maximum absolute atomic E-state index is 12.3. The van der Waals surface area contributed by atoms with Gasteiger partial charge >= 0.3 is 0 Å². The fraction of sp³-hybridized carbons (Fsp3) is 0.235. The Morgan fingerprint density at radius 3 is 2.52 bits per heavy atom. The molecular formula is C17H19NO4S. The van der Waals surface area contributed by atoms with Crippen molar-refractivity contribution in [2.45, 2.75) is 18.2 Å². The summed E-state index contributed by atoms with van der Waals surface area (Å²) in [6.45, 7) is 1.91. The molecule has 23 heavy (non-hydrogen) atoms. The number of sulfone groups is 1. The van der Waals surface area contributed by atoms with Gasteiger partial charge in [-0.05, 0) is 36.2 Å². The van der Waals surface area contributed by atoms with Gasteiger partial charge in [0.15, 0.2) is 9.84 Å². The molecule has 0 aliphatic carbocycles. The van der Waals surface area contributed by atoms with Crippen LogP contribution in [0.2, 0.25) is 0 Å². The Labute approximate surface area is 136 Å². The van der Waals surface area contributed by atoms with Gasteiger partial charge < -0.3 is 10.1 Å². The van der Waals surface area contributed by atoms with Gasteiger partial charge in [-0.3, -0.25) is 4.79 Å². The van der Waals surface area contributed by atoms with E-state index in [9.17, 15) is 13.2 Å². The van der Waals surface area contributed by atoms with E-state index in [1.807, 2.05) is 13.0 Å². The van der Waals surface area contributed by atoms with Crippen molar-refractivity contribution >= 4 is 21.4 Å². The van der Waals surface area contributed by atoms with Crippen molar-refractivity contribution < 1.29 is 17.9 Å². The summed E-state index contributed by atoms with van der Waals surface area (Å²) >= 11 is 0. The highest BCUT2D eigenvalue weighted by Gasteiger charge is 2.16. The summed E-state index contributed by atoms with van der Waals surface area (Å²) in [6, 6.07) is 12.0. The van der Waals surface area contributed by atoms with E-state index in [1.165, 1.54) is 13.2 Å². The third-order valence-corrected chi connectivity index (χ3v) is 4.55. The summed E-state index contributed by atoms with van der Waals surface area (Å²) in [5, 5.41) is 2.77. The highest BCUT2D eigenvalue weighted by atomic mass is 32.2. The summed E-state index contributed by atoms with van der Waals surface area (Å²) < 4.78 is 28.8. The smallest absolute Gasteiger partial charge is 0.228 e. The highest BCUT2D eigenvalue weighted by Crippen LogP contribution is 2.25. The molecule has 0 heterocycles. The molecule has 0 aliphatic rings. The molecule has 2 rings (SSSR count). The third-order valence-electron chi connectivity index (χ3n) is 3.35. The predicted octanol–water partition coefficient (Wildman–Crippen LogP) is 2.59. The maximum atomic E-state index is 12.3. The number of rotatable bonds is 5. The molecule has 5 nitrogen and oxygen atoms in total. The molecule has 0 aromatic heterocycles. The molecule has 1 N–H and O–H groups in total. The molecule has 0 atom stereocenters. The van der Waals surface area contributed by atoms with Crippen molar-refractivity contribution in [2.75, 3.05) is 18.7 Å². The lowest BCUT2D eigenvalue weighted by atomic mass is 10.1. The second-order valence-electron chi connectivity index (χ2n) is 5.31. The summed E-state index contributed by atoms with van der Waals surface area (Å²) in [4.78, 5) is 12.5. The van der Waals surface area contributed by atoms with Crippen LogP contribution >= 0.6 is 0 Å². The fourth-order valence-electron chi connectivity index (χ4n) is 2.30. The summed E-state index contributed by atoms with van der Waals surface area (Å²) in [5.74, 6) is 0.255. The highest BCUT2D eigenvalue weighted by molar-refractivity contribution is 7.90. The molecule has 0 saturated heterocycles. The Morgan fingerprint density at radius 2 is 1.87 bits per heavy atom. The first kappa shape index (κ1) is 17.0. The molecule has 0 bridgehead atoms. The van der Waals surface area contributed by atoms with Crippen LogP contribution in [0.15, 0.2) is 47.4 Å². The van der Waals surface area contributed by atoms with Crippen LogP contribution < -0.4 is 10.1 Å². The first-order chi connectivity index (χ1) is 10.8. The summed E-state index contributed by atoms with van der Waals surface area (Å²) in [5.41, 5.74) is 2.02. The minimum atomic E-state index is -3.38. The maximum Gasteiger partial charge on any atom is 0.228 e. The lowest BCUT2D eigenvalue weighted by Gasteiger charge is -2.12. The van der Waals surface area contributed by atoms with Gasteiger partial charge in [-0.25, -0.2) is 8.42 Å². The predicted molar refractivity (Wildman–Crippen MR) is 89.6 cm³/mol. The molecule has 0 fully saturated rings. The van der Waals surface area contributed by atoms with Gasteiger partial charge in [0.2, 0.25) is 5.91 Å². The van der Waals surface area contributed by atoms with E-state index in [0.717, 1.165) is 11.8 Å². The van der Waals surface area contributed by atoms with Crippen LogP contribution in [0.25, 0.3) is 0 Å². The van der Waals surface area contributed by atoms with Gasteiger partial charge in [-0.1, -0.05) is 24.3 Å². The quantitative estimate of drug-likeness (QED) is 0.913. The number of amides is 1. The van der Waals surface area contributed by atoms with Gasteiger partial charge in [0.25, 0.3) is 0 Å². The zero-order valence-electron chi connectivity index (χ0n) is 13.3. The first-order valence-corrected chi connectivity index (χ1v) is 8.93. The molecule has 0 unspecified atom stereocenters. The Balaban J connectivity index is 2.23. The lowest BCUT2D eigenvalue weighted by molar-refractivity contribution is -0.115. The van der Waals surface area contributed by atoms with Gasteiger partial charge in [0.05, 0.1) is 24.1 Å². The van der Waals surface area contributed by atoms with Crippen LogP contribution in [0, 0.1) is 6.92 Å². The number of carbonyl (C=O) groups is 1. The van der Waals surface area contributed by atoms with Crippen molar-refractivity contribution in [2.24, 2.45) is 0 Å². The molecular weight excluding hydrogens is 314 g/mol. The van der Waals surface area contributed by atoms with Crippen LogP contribution in [0.4, 0.5) is 5.69 Å². The molecule has 0 radical (unpaired) electrons. The Morgan fingerprint density at radius 1 is 1.17 bits per heavy atom. The van der Waals surface area contributed by atoms with Gasteiger partial charge in [0, 0.05) is 6.26 Å². The topological polar surface area (TPSA) is 72.5 Å². The van der Waals surface area contributed by atoms with Crippen LogP contribution in [-0.4, -0.2) is 27.7 Å². The van der Waals surface area contributed by atoms with E-state index in [4.69, 9.17) is 4.74 Å². The fourth-order valence-corrected chi connectivity index (χ4v) is 3.24. The van der Waals surface area contributed by atoms with Crippen LogP contribution in [0.1, 0.15) is 11.1 Å². The van der Waals surface area contributed by atoms with Gasteiger partial charge in [-0.2, -0.15) is 0 Å². The number of hydrogen-bond donors (Lipinski definition) is 1. The summed E-state index contributed by atoms with van der Waals surface area (Å²) in [7, 11) is -1.85. The van der Waals surface area contributed by atoms with Crippen molar-refractivity contribution in [1.29, 1.82) is 0 Å². The van der Waals surface area contributed by atoms with Crippen LogP contribution in [-0.2, 0) is 21.1 Å². The van der Waals surface area contributed by atoms with Crippen molar-refractivity contribution in [3.05, 3.63) is 53.6 Å². The zero-order valence-corrected chi connectivity index (χ0v) is 14.1. The van der Waals surface area contributed by atoms with E-state index >= 15 is 0 Å². The van der Waals surface area contributed by atoms with Crippen molar-refractivity contribution in [3.63, 3.8) is 0 Å². The number of methoxy groups -OCH3 is 1. The minimum Gasteiger partial charge on any atom is -0.495 e. The number of benzene rings is 2. The average molecular weight is 333 g/mol. The van der Waals surface area contributed by atoms with E-state index in [1.54, 1.807) is 30.3 Å².